The van der Waals surface area contributed by atoms with Crippen molar-refractivity contribution in [1.29, 1.82) is 0 Å². The third kappa shape index (κ3) is 1.28. The van der Waals surface area contributed by atoms with Crippen molar-refractivity contribution in [3.63, 3.8) is 0 Å². The normalized spacial score (nSPS) is 15.2. The van der Waals surface area contributed by atoms with E-state index in [2.05, 4.69) is 0 Å². The average Bonchev–Trinajstić information content (AvgIpc) is 2.12. The minimum absolute atomic E-state index is 0.294. The number of allylic oxidation sites excluding steroid dienone is 1. The lowest BCUT2D eigenvalue weighted by atomic mass is 10.0. The number of fused-ring (bicyclic) bond motifs is 1. The lowest BCUT2D eigenvalue weighted by Crippen LogP contribution is -2.09. The van der Waals surface area contributed by atoms with Gasteiger partial charge in [-0.3, -0.25) is 0 Å². The van der Waals surface area contributed by atoms with Gasteiger partial charge in [-0.15, -0.1) is 0 Å². The van der Waals surface area contributed by atoms with Crippen molar-refractivity contribution < 1.29 is 9.84 Å². The Bertz CT molecular complexity index is 378. The third-order valence-corrected chi connectivity index (χ3v) is 2.34. The fourth-order valence-corrected chi connectivity index (χ4v) is 1.47. The van der Waals surface area contributed by atoms with E-state index in [0.717, 1.165) is 16.9 Å². The first-order chi connectivity index (χ1) is 6.18. The van der Waals surface area contributed by atoms with Crippen LogP contribution in [0.4, 0.5) is 0 Å². The second-order valence-corrected chi connectivity index (χ2v) is 3.36. The minimum Gasteiger partial charge on any atom is -0.508 e. The number of rotatable bonds is 0. The molecular formula is C11H12O2. The van der Waals surface area contributed by atoms with Crippen LogP contribution in [0.25, 0.3) is 5.57 Å². The van der Waals surface area contributed by atoms with Gasteiger partial charge in [0.1, 0.15) is 18.1 Å². The maximum Gasteiger partial charge on any atom is 0.145 e. The zero-order valence-electron chi connectivity index (χ0n) is 7.79. The minimum atomic E-state index is 0.294. The summed E-state index contributed by atoms with van der Waals surface area (Å²) in [4.78, 5) is 0. The summed E-state index contributed by atoms with van der Waals surface area (Å²) in [6.45, 7) is 4.23. The number of benzene rings is 1. The van der Waals surface area contributed by atoms with Crippen molar-refractivity contribution in [2.24, 2.45) is 0 Å². The van der Waals surface area contributed by atoms with E-state index < -0.39 is 0 Å². The van der Waals surface area contributed by atoms with E-state index >= 15 is 0 Å². The van der Waals surface area contributed by atoms with Crippen molar-refractivity contribution in [3.05, 3.63) is 35.1 Å². The summed E-state index contributed by atoms with van der Waals surface area (Å²) in [7, 11) is 0. The van der Waals surface area contributed by atoms with Gasteiger partial charge in [-0.05, 0) is 25.5 Å². The molecule has 2 rings (SSSR count). The molecule has 0 atom stereocenters. The molecule has 0 spiro atoms. The highest BCUT2D eigenvalue weighted by molar-refractivity contribution is 5.72. The van der Waals surface area contributed by atoms with Crippen LogP contribution in [0.2, 0.25) is 0 Å². The number of hydrogen-bond acceptors (Lipinski definition) is 2. The predicted octanol–water partition coefficient (Wildman–Crippen LogP) is 2.68. The van der Waals surface area contributed by atoms with Crippen molar-refractivity contribution in [2.45, 2.75) is 13.8 Å². The van der Waals surface area contributed by atoms with Crippen molar-refractivity contribution in [2.75, 3.05) is 6.61 Å². The summed E-state index contributed by atoms with van der Waals surface area (Å²) in [6.07, 6.45) is 0. The Morgan fingerprint density at radius 3 is 2.85 bits per heavy atom. The summed E-state index contributed by atoms with van der Waals surface area (Å²) < 4.78 is 5.38. The van der Waals surface area contributed by atoms with Gasteiger partial charge in [-0.2, -0.15) is 0 Å². The fourth-order valence-electron chi connectivity index (χ4n) is 1.47. The van der Waals surface area contributed by atoms with E-state index in [0.29, 0.717) is 12.4 Å². The average molecular weight is 176 g/mol. The molecule has 1 N–H and O–H groups in total. The van der Waals surface area contributed by atoms with Gasteiger partial charge in [0.05, 0.1) is 0 Å². The molecule has 0 unspecified atom stereocenters. The molecule has 2 heteroatoms. The van der Waals surface area contributed by atoms with Crippen molar-refractivity contribution in [1.82, 2.24) is 0 Å². The molecule has 13 heavy (non-hydrogen) atoms. The molecule has 1 aromatic carbocycles. The maximum absolute atomic E-state index is 9.45. The van der Waals surface area contributed by atoms with Gasteiger partial charge in [-0.25, -0.2) is 0 Å². The topological polar surface area (TPSA) is 29.5 Å². The van der Waals surface area contributed by atoms with Gasteiger partial charge in [0.15, 0.2) is 0 Å². The summed E-state index contributed by atoms with van der Waals surface area (Å²) in [5, 5.41) is 9.45. The molecule has 0 saturated carbocycles. The second kappa shape index (κ2) is 2.80. The summed E-state index contributed by atoms with van der Waals surface area (Å²) >= 11 is 0. The van der Waals surface area contributed by atoms with Crippen LogP contribution in [0.5, 0.6) is 5.75 Å². The molecule has 1 aromatic rings. The first-order valence-electron chi connectivity index (χ1n) is 4.31. The van der Waals surface area contributed by atoms with E-state index in [1.165, 1.54) is 5.56 Å². The molecule has 0 aliphatic carbocycles. The van der Waals surface area contributed by atoms with Gasteiger partial charge >= 0.3 is 0 Å². The van der Waals surface area contributed by atoms with Gasteiger partial charge in [0.25, 0.3) is 0 Å². The van der Waals surface area contributed by atoms with Crippen LogP contribution in [0.15, 0.2) is 24.0 Å². The van der Waals surface area contributed by atoms with E-state index in [-0.39, 0.29) is 0 Å². The number of aryl methyl sites for hydroxylation is 1. The van der Waals surface area contributed by atoms with E-state index in [9.17, 15) is 5.11 Å². The summed E-state index contributed by atoms with van der Waals surface area (Å²) in [5.41, 5.74) is 3.09. The molecular weight excluding hydrogens is 164 g/mol. The lowest BCUT2D eigenvalue weighted by Gasteiger charge is -2.19. The number of ether oxygens (including phenoxy) is 1. The van der Waals surface area contributed by atoms with Crippen molar-refractivity contribution in [3.8, 4) is 5.75 Å². The Hall–Kier alpha value is -1.44. The molecule has 0 saturated heterocycles. The van der Waals surface area contributed by atoms with Gasteiger partial charge in [0, 0.05) is 11.1 Å². The quantitative estimate of drug-likeness (QED) is 0.658. The van der Waals surface area contributed by atoms with Crippen LogP contribution < -0.4 is 4.74 Å². The Labute approximate surface area is 77.5 Å². The van der Waals surface area contributed by atoms with Crippen LogP contribution in [0.3, 0.4) is 0 Å². The molecule has 1 heterocycles. The Kier molecular flexibility index (Phi) is 1.76. The SMILES string of the molecule is CC1=C(O)COc2cc(C)ccc21. The molecule has 1 aliphatic rings. The van der Waals surface area contributed by atoms with E-state index in [1.54, 1.807) is 0 Å². The first-order valence-corrected chi connectivity index (χ1v) is 4.31. The molecule has 0 amide bonds. The lowest BCUT2D eigenvalue weighted by molar-refractivity contribution is 0.264. The smallest absolute Gasteiger partial charge is 0.145 e. The highest BCUT2D eigenvalue weighted by Crippen LogP contribution is 2.32. The molecule has 0 aromatic heterocycles. The second-order valence-electron chi connectivity index (χ2n) is 3.36. The summed E-state index contributed by atoms with van der Waals surface area (Å²) in [5.74, 6) is 1.20. The first kappa shape index (κ1) is 8.17. The zero-order chi connectivity index (χ0) is 9.42. The summed E-state index contributed by atoms with van der Waals surface area (Å²) in [6, 6.07) is 5.99. The molecule has 0 bridgehead atoms. The Morgan fingerprint density at radius 2 is 2.08 bits per heavy atom. The fraction of sp³-hybridized carbons (Fsp3) is 0.273. The van der Waals surface area contributed by atoms with Crippen LogP contribution in [-0.4, -0.2) is 11.7 Å². The Balaban J connectivity index is 2.58. The number of aliphatic hydroxyl groups is 1. The van der Waals surface area contributed by atoms with Gasteiger partial charge < -0.3 is 9.84 Å². The largest absolute Gasteiger partial charge is 0.508 e. The van der Waals surface area contributed by atoms with Crippen molar-refractivity contribution >= 4 is 5.57 Å². The highest BCUT2D eigenvalue weighted by Gasteiger charge is 2.15. The highest BCUT2D eigenvalue weighted by atomic mass is 16.5. The monoisotopic (exact) mass is 176 g/mol. The van der Waals surface area contributed by atoms with Crippen LogP contribution >= 0.6 is 0 Å². The molecule has 68 valence electrons. The predicted molar refractivity (Wildman–Crippen MR) is 51.9 cm³/mol. The van der Waals surface area contributed by atoms with Gasteiger partial charge in [-0.1, -0.05) is 12.1 Å². The van der Waals surface area contributed by atoms with Gasteiger partial charge in [0.2, 0.25) is 0 Å². The van der Waals surface area contributed by atoms with E-state index in [4.69, 9.17) is 4.74 Å². The molecule has 0 fully saturated rings. The maximum atomic E-state index is 9.45. The molecule has 2 nitrogen and oxygen atoms in total. The number of aliphatic hydroxyl groups excluding tert-OH is 1. The molecule has 1 aliphatic heterocycles. The standard InChI is InChI=1S/C11H12O2/c1-7-3-4-9-8(2)10(12)6-13-11(9)5-7/h3-5,12H,6H2,1-2H3. The molecule has 0 radical (unpaired) electrons. The van der Waals surface area contributed by atoms with Crippen LogP contribution in [0.1, 0.15) is 18.1 Å². The Morgan fingerprint density at radius 1 is 1.31 bits per heavy atom. The van der Waals surface area contributed by atoms with E-state index in [1.807, 2.05) is 32.0 Å². The number of hydrogen-bond donors (Lipinski definition) is 1. The van der Waals surface area contributed by atoms with Crippen LogP contribution in [-0.2, 0) is 0 Å². The van der Waals surface area contributed by atoms with Crippen LogP contribution in [0, 0.1) is 6.92 Å². The zero-order valence-corrected chi connectivity index (χ0v) is 7.79. The third-order valence-electron chi connectivity index (χ3n) is 2.34.